The normalized spacial score (nSPS) is 12.2. The summed E-state index contributed by atoms with van der Waals surface area (Å²) in [5.41, 5.74) is 1.25. The van der Waals surface area contributed by atoms with Crippen molar-refractivity contribution in [1.82, 2.24) is 0 Å². The van der Waals surface area contributed by atoms with Gasteiger partial charge in [-0.3, -0.25) is 0 Å². The topological polar surface area (TPSA) is 32.6 Å². The van der Waals surface area contributed by atoms with Crippen LogP contribution >= 0.6 is 11.8 Å². The van der Waals surface area contributed by atoms with E-state index in [-0.39, 0.29) is 4.75 Å². The van der Waals surface area contributed by atoms with E-state index in [0.717, 1.165) is 0 Å². The van der Waals surface area contributed by atoms with Gasteiger partial charge in [0, 0.05) is 4.90 Å². The minimum atomic E-state index is -0.177. The van der Waals surface area contributed by atoms with Crippen LogP contribution in [-0.2, 0) is 0 Å². The fraction of sp³-hybridized carbons (Fsp3) is 0.364. The highest BCUT2D eigenvalue weighted by molar-refractivity contribution is 8.01. The molecule has 2 nitrogen and oxygen atoms in total. The fourth-order valence-electron chi connectivity index (χ4n) is 1.08. The smallest absolute Gasteiger partial charge is 0.0594 e. The highest BCUT2D eigenvalue weighted by Gasteiger charge is 2.16. The van der Waals surface area contributed by atoms with Crippen LogP contribution in [0.4, 0.5) is 0 Å². The Morgan fingerprint density at radius 2 is 1.86 bits per heavy atom. The van der Waals surface area contributed by atoms with Crippen LogP contribution < -0.4 is 0 Å². The molecule has 0 heterocycles. The van der Waals surface area contributed by atoms with Crippen molar-refractivity contribution in [2.75, 3.05) is 0 Å². The second-order valence-electron chi connectivity index (χ2n) is 3.76. The van der Waals surface area contributed by atoms with Crippen LogP contribution in [0.1, 0.15) is 19.4 Å². The van der Waals surface area contributed by atoms with E-state index in [1.54, 1.807) is 11.8 Å². The predicted octanol–water partition coefficient (Wildman–Crippen LogP) is 3.33. The molecule has 76 valence electrons. The molecule has 0 radical (unpaired) electrons. The highest BCUT2D eigenvalue weighted by atomic mass is 32.2. The van der Waals surface area contributed by atoms with Gasteiger partial charge < -0.3 is 5.21 Å². The Morgan fingerprint density at radius 3 is 2.36 bits per heavy atom. The summed E-state index contributed by atoms with van der Waals surface area (Å²) in [4.78, 5) is 1.18. The molecule has 1 aromatic carbocycles. The zero-order valence-corrected chi connectivity index (χ0v) is 9.51. The Labute approximate surface area is 89.0 Å². The molecule has 0 saturated carbocycles. The van der Waals surface area contributed by atoms with Crippen molar-refractivity contribution >= 4 is 18.0 Å². The molecule has 0 spiro atoms. The predicted molar refractivity (Wildman–Crippen MR) is 61.4 cm³/mol. The standard InChI is InChI=1S/C11H15NOS/c1-9-4-6-10(7-5-9)14-11(2,3)8-12-13/h4-8,13H,1-3H3/b12-8-. The fourth-order valence-corrected chi connectivity index (χ4v) is 2.05. The molecule has 14 heavy (non-hydrogen) atoms. The summed E-state index contributed by atoms with van der Waals surface area (Å²) < 4.78 is -0.177. The summed E-state index contributed by atoms with van der Waals surface area (Å²) in [6.07, 6.45) is 1.54. The van der Waals surface area contributed by atoms with E-state index in [9.17, 15) is 0 Å². The van der Waals surface area contributed by atoms with Crippen LogP contribution in [0.5, 0.6) is 0 Å². The summed E-state index contributed by atoms with van der Waals surface area (Å²) in [6, 6.07) is 8.31. The van der Waals surface area contributed by atoms with E-state index in [1.807, 2.05) is 13.8 Å². The molecule has 0 aliphatic rings. The quantitative estimate of drug-likeness (QED) is 0.358. The number of aryl methyl sites for hydroxylation is 1. The van der Waals surface area contributed by atoms with Gasteiger partial charge in [-0.15, -0.1) is 16.9 Å². The number of thioether (sulfide) groups is 1. The first-order valence-corrected chi connectivity index (χ1v) is 5.29. The van der Waals surface area contributed by atoms with Crippen molar-refractivity contribution in [3.8, 4) is 0 Å². The molecule has 0 bridgehead atoms. The van der Waals surface area contributed by atoms with Crippen molar-refractivity contribution in [1.29, 1.82) is 0 Å². The summed E-state index contributed by atoms with van der Waals surface area (Å²) in [6.45, 7) is 6.09. The number of rotatable bonds is 3. The first kappa shape index (κ1) is 11.1. The number of hydrogen-bond donors (Lipinski definition) is 1. The van der Waals surface area contributed by atoms with Crippen molar-refractivity contribution in [3.63, 3.8) is 0 Å². The van der Waals surface area contributed by atoms with Gasteiger partial charge in [0.15, 0.2) is 0 Å². The van der Waals surface area contributed by atoms with Gasteiger partial charge in [-0.25, -0.2) is 0 Å². The van der Waals surface area contributed by atoms with Crippen LogP contribution in [0.15, 0.2) is 34.3 Å². The van der Waals surface area contributed by atoms with E-state index in [2.05, 4.69) is 36.3 Å². The zero-order valence-electron chi connectivity index (χ0n) is 8.69. The molecule has 0 aliphatic carbocycles. The lowest BCUT2D eigenvalue weighted by Crippen LogP contribution is -2.15. The van der Waals surface area contributed by atoms with Crippen LogP contribution in [0.2, 0.25) is 0 Å². The van der Waals surface area contributed by atoms with Crippen LogP contribution in [0.3, 0.4) is 0 Å². The molecule has 0 unspecified atom stereocenters. The second-order valence-corrected chi connectivity index (χ2v) is 5.49. The largest absolute Gasteiger partial charge is 0.411 e. The molecule has 0 saturated heterocycles. The third-order valence-electron chi connectivity index (χ3n) is 1.77. The average molecular weight is 209 g/mol. The van der Waals surface area contributed by atoms with Crippen LogP contribution in [-0.4, -0.2) is 16.2 Å². The van der Waals surface area contributed by atoms with Gasteiger partial charge in [-0.1, -0.05) is 17.7 Å². The Bertz CT molecular complexity index is 317. The molecule has 0 aromatic heterocycles. The lowest BCUT2D eigenvalue weighted by Gasteiger charge is -2.17. The molecule has 1 rings (SSSR count). The van der Waals surface area contributed by atoms with E-state index in [4.69, 9.17) is 5.21 Å². The van der Waals surface area contributed by atoms with Crippen molar-refractivity contribution in [3.05, 3.63) is 29.8 Å². The molecule has 1 N–H and O–H groups in total. The number of benzene rings is 1. The maximum absolute atomic E-state index is 8.48. The van der Waals surface area contributed by atoms with Gasteiger partial charge in [0.05, 0.1) is 11.0 Å². The Balaban J connectivity index is 2.73. The third-order valence-corrected chi connectivity index (χ3v) is 2.91. The summed E-state index contributed by atoms with van der Waals surface area (Å²) in [7, 11) is 0. The van der Waals surface area contributed by atoms with E-state index < -0.39 is 0 Å². The Kier molecular flexibility index (Phi) is 3.58. The maximum Gasteiger partial charge on any atom is 0.0594 e. The first-order valence-electron chi connectivity index (χ1n) is 4.48. The van der Waals surface area contributed by atoms with E-state index >= 15 is 0 Å². The van der Waals surface area contributed by atoms with E-state index in [0.29, 0.717) is 0 Å². The number of nitrogens with zero attached hydrogens (tertiary/aromatic N) is 1. The maximum atomic E-state index is 8.48. The molecular formula is C11H15NOS. The van der Waals surface area contributed by atoms with Gasteiger partial charge in [0.25, 0.3) is 0 Å². The lowest BCUT2D eigenvalue weighted by molar-refractivity contribution is 0.319. The number of hydrogen-bond acceptors (Lipinski definition) is 3. The zero-order chi connectivity index (χ0) is 10.6. The summed E-state index contributed by atoms with van der Waals surface area (Å²) in [5, 5.41) is 11.6. The first-order chi connectivity index (χ1) is 6.53. The Hall–Kier alpha value is -0.960. The molecule has 3 heteroatoms. The van der Waals surface area contributed by atoms with Crippen LogP contribution in [0.25, 0.3) is 0 Å². The van der Waals surface area contributed by atoms with Crippen molar-refractivity contribution in [2.24, 2.45) is 5.16 Å². The van der Waals surface area contributed by atoms with Crippen molar-refractivity contribution < 1.29 is 5.21 Å². The monoisotopic (exact) mass is 209 g/mol. The SMILES string of the molecule is Cc1ccc(SC(C)(C)/C=N\O)cc1. The van der Waals surface area contributed by atoms with Crippen molar-refractivity contribution in [2.45, 2.75) is 30.4 Å². The molecule has 1 aromatic rings. The summed E-state index contributed by atoms with van der Waals surface area (Å²) in [5.74, 6) is 0. The van der Waals surface area contributed by atoms with Gasteiger partial charge in [-0.05, 0) is 32.9 Å². The highest BCUT2D eigenvalue weighted by Crippen LogP contribution is 2.30. The van der Waals surface area contributed by atoms with E-state index in [1.165, 1.54) is 16.7 Å². The second kappa shape index (κ2) is 4.51. The molecule has 0 aliphatic heterocycles. The summed E-state index contributed by atoms with van der Waals surface area (Å²) >= 11 is 1.67. The van der Waals surface area contributed by atoms with Crippen LogP contribution in [0, 0.1) is 6.92 Å². The van der Waals surface area contributed by atoms with Gasteiger partial charge >= 0.3 is 0 Å². The molecule has 0 fully saturated rings. The Morgan fingerprint density at radius 1 is 1.29 bits per heavy atom. The molecule has 0 atom stereocenters. The number of oxime groups is 1. The van der Waals surface area contributed by atoms with Gasteiger partial charge in [0.1, 0.15) is 0 Å². The van der Waals surface area contributed by atoms with Gasteiger partial charge in [-0.2, -0.15) is 0 Å². The molecular weight excluding hydrogens is 194 g/mol. The third kappa shape index (κ3) is 3.42. The molecule has 0 amide bonds. The minimum Gasteiger partial charge on any atom is -0.411 e. The average Bonchev–Trinajstić information content (AvgIpc) is 2.08. The van der Waals surface area contributed by atoms with Gasteiger partial charge in [0.2, 0.25) is 0 Å². The minimum absolute atomic E-state index is 0.177. The lowest BCUT2D eigenvalue weighted by atomic mass is 10.2.